The molecule has 1 heterocycles. The number of hydrogen-bond donors (Lipinski definition) is 1. The summed E-state index contributed by atoms with van der Waals surface area (Å²) in [6.45, 7) is 5.55. The Bertz CT molecular complexity index is 661. The SMILES string of the molecule is Cc1ccc([C@@H](C)NC(=O)COC(=O)c2ccc(C)s2)cc1. The van der Waals surface area contributed by atoms with E-state index in [1.54, 1.807) is 6.07 Å². The Morgan fingerprint density at radius 2 is 1.82 bits per heavy atom. The molecule has 4 nitrogen and oxygen atoms in total. The summed E-state index contributed by atoms with van der Waals surface area (Å²) in [7, 11) is 0. The van der Waals surface area contributed by atoms with Crippen molar-refractivity contribution in [2.75, 3.05) is 6.61 Å². The molecule has 1 amide bonds. The van der Waals surface area contributed by atoms with Crippen LogP contribution in [0, 0.1) is 13.8 Å². The van der Waals surface area contributed by atoms with Gasteiger partial charge in [0.1, 0.15) is 4.88 Å². The maximum Gasteiger partial charge on any atom is 0.348 e. The number of esters is 1. The van der Waals surface area contributed by atoms with E-state index < -0.39 is 5.97 Å². The number of benzene rings is 1. The molecule has 116 valence electrons. The van der Waals surface area contributed by atoms with Crippen LogP contribution in [0.2, 0.25) is 0 Å². The summed E-state index contributed by atoms with van der Waals surface area (Å²) in [4.78, 5) is 25.2. The molecule has 2 rings (SSSR count). The Hall–Kier alpha value is -2.14. The molecule has 0 radical (unpaired) electrons. The van der Waals surface area contributed by atoms with E-state index in [9.17, 15) is 9.59 Å². The van der Waals surface area contributed by atoms with Gasteiger partial charge in [0.25, 0.3) is 5.91 Å². The Morgan fingerprint density at radius 1 is 1.14 bits per heavy atom. The first-order valence-electron chi connectivity index (χ1n) is 7.05. The van der Waals surface area contributed by atoms with Crippen molar-refractivity contribution >= 4 is 23.2 Å². The minimum atomic E-state index is -0.462. The zero-order valence-electron chi connectivity index (χ0n) is 12.9. The Balaban J connectivity index is 1.82. The molecule has 2 aromatic rings. The molecule has 0 aliphatic heterocycles. The molecule has 0 spiro atoms. The van der Waals surface area contributed by atoms with Gasteiger partial charge in [0.15, 0.2) is 6.61 Å². The van der Waals surface area contributed by atoms with Crippen LogP contribution >= 0.6 is 11.3 Å². The summed E-state index contributed by atoms with van der Waals surface area (Å²) in [6.07, 6.45) is 0. The van der Waals surface area contributed by atoms with Crippen LogP contribution in [-0.2, 0) is 9.53 Å². The van der Waals surface area contributed by atoms with E-state index >= 15 is 0 Å². The summed E-state index contributed by atoms with van der Waals surface area (Å²) >= 11 is 1.35. The summed E-state index contributed by atoms with van der Waals surface area (Å²) in [5, 5.41) is 2.81. The molecule has 0 saturated heterocycles. The fourth-order valence-electron chi connectivity index (χ4n) is 1.97. The third-order valence-corrected chi connectivity index (χ3v) is 4.21. The Kier molecular flexibility index (Phi) is 5.33. The van der Waals surface area contributed by atoms with Gasteiger partial charge in [-0.15, -0.1) is 11.3 Å². The van der Waals surface area contributed by atoms with Crippen molar-refractivity contribution in [3.8, 4) is 0 Å². The highest BCUT2D eigenvalue weighted by Crippen LogP contribution is 2.16. The number of hydrogen-bond acceptors (Lipinski definition) is 4. The van der Waals surface area contributed by atoms with Crippen LogP contribution in [0.3, 0.4) is 0 Å². The van der Waals surface area contributed by atoms with Gasteiger partial charge in [0.2, 0.25) is 0 Å². The van der Waals surface area contributed by atoms with E-state index in [2.05, 4.69) is 5.32 Å². The molecule has 0 aliphatic carbocycles. The van der Waals surface area contributed by atoms with Gasteiger partial charge < -0.3 is 10.1 Å². The topological polar surface area (TPSA) is 55.4 Å². The summed E-state index contributed by atoms with van der Waals surface area (Å²) in [6, 6.07) is 11.4. The van der Waals surface area contributed by atoms with Crippen molar-refractivity contribution in [3.63, 3.8) is 0 Å². The molecule has 5 heteroatoms. The number of carbonyl (C=O) groups excluding carboxylic acids is 2. The van der Waals surface area contributed by atoms with Crippen molar-refractivity contribution in [2.45, 2.75) is 26.8 Å². The fourth-order valence-corrected chi connectivity index (χ4v) is 2.73. The molecule has 1 aromatic carbocycles. The van der Waals surface area contributed by atoms with Crippen molar-refractivity contribution < 1.29 is 14.3 Å². The van der Waals surface area contributed by atoms with Gasteiger partial charge in [-0.05, 0) is 38.5 Å². The number of nitrogens with one attached hydrogen (secondary N) is 1. The first kappa shape index (κ1) is 16.2. The van der Waals surface area contributed by atoms with Crippen LogP contribution in [0.25, 0.3) is 0 Å². The van der Waals surface area contributed by atoms with Crippen molar-refractivity contribution in [1.82, 2.24) is 5.32 Å². The fraction of sp³-hybridized carbons (Fsp3) is 0.294. The summed E-state index contributed by atoms with van der Waals surface area (Å²) in [5.74, 6) is -0.772. The van der Waals surface area contributed by atoms with Crippen LogP contribution in [-0.4, -0.2) is 18.5 Å². The summed E-state index contributed by atoms with van der Waals surface area (Å²) in [5.41, 5.74) is 2.18. The van der Waals surface area contributed by atoms with Crippen LogP contribution in [0.4, 0.5) is 0 Å². The van der Waals surface area contributed by atoms with Gasteiger partial charge in [0.05, 0.1) is 6.04 Å². The minimum absolute atomic E-state index is 0.129. The second-order valence-corrected chi connectivity index (χ2v) is 6.47. The third kappa shape index (κ3) is 4.43. The van der Waals surface area contributed by atoms with E-state index in [0.29, 0.717) is 4.88 Å². The number of amides is 1. The predicted octanol–water partition coefficient (Wildman–Crippen LogP) is 3.40. The number of rotatable bonds is 5. The Morgan fingerprint density at radius 3 is 2.41 bits per heavy atom. The maximum atomic E-state index is 11.8. The lowest BCUT2D eigenvalue weighted by atomic mass is 10.1. The number of ether oxygens (including phenoxy) is 1. The van der Waals surface area contributed by atoms with Crippen LogP contribution < -0.4 is 5.32 Å². The molecule has 1 atom stereocenters. The number of carbonyl (C=O) groups is 2. The molecule has 0 fully saturated rings. The number of thiophene rings is 1. The zero-order chi connectivity index (χ0) is 16.1. The van der Waals surface area contributed by atoms with Crippen molar-refractivity contribution in [3.05, 3.63) is 57.3 Å². The van der Waals surface area contributed by atoms with E-state index in [0.717, 1.165) is 10.4 Å². The number of aryl methyl sites for hydroxylation is 2. The second kappa shape index (κ2) is 7.22. The normalized spacial score (nSPS) is 11.8. The van der Waals surface area contributed by atoms with Crippen LogP contribution in [0.15, 0.2) is 36.4 Å². The lowest BCUT2D eigenvalue weighted by Gasteiger charge is -2.14. The quantitative estimate of drug-likeness (QED) is 0.860. The molecule has 1 aromatic heterocycles. The van der Waals surface area contributed by atoms with E-state index in [-0.39, 0.29) is 18.6 Å². The molecule has 0 aliphatic rings. The van der Waals surface area contributed by atoms with Crippen LogP contribution in [0.1, 0.15) is 38.6 Å². The minimum Gasteiger partial charge on any atom is -0.451 e. The van der Waals surface area contributed by atoms with Gasteiger partial charge in [0, 0.05) is 4.88 Å². The van der Waals surface area contributed by atoms with Gasteiger partial charge in [-0.25, -0.2) is 4.79 Å². The van der Waals surface area contributed by atoms with Gasteiger partial charge in [-0.2, -0.15) is 0 Å². The van der Waals surface area contributed by atoms with Gasteiger partial charge in [-0.1, -0.05) is 29.8 Å². The second-order valence-electron chi connectivity index (χ2n) is 5.19. The third-order valence-electron chi connectivity index (χ3n) is 3.23. The van der Waals surface area contributed by atoms with Crippen LogP contribution in [0.5, 0.6) is 0 Å². The van der Waals surface area contributed by atoms with E-state index in [4.69, 9.17) is 4.74 Å². The monoisotopic (exact) mass is 317 g/mol. The average Bonchev–Trinajstić information content (AvgIpc) is 2.92. The highest BCUT2D eigenvalue weighted by Gasteiger charge is 2.14. The van der Waals surface area contributed by atoms with E-state index in [1.807, 2.05) is 51.1 Å². The molecular formula is C17H19NO3S. The first-order valence-corrected chi connectivity index (χ1v) is 7.87. The molecule has 1 N–H and O–H groups in total. The van der Waals surface area contributed by atoms with Crippen molar-refractivity contribution in [1.29, 1.82) is 0 Å². The van der Waals surface area contributed by atoms with Gasteiger partial charge in [-0.3, -0.25) is 4.79 Å². The zero-order valence-corrected chi connectivity index (χ0v) is 13.7. The van der Waals surface area contributed by atoms with E-state index in [1.165, 1.54) is 16.9 Å². The molecule has 0 bridgehead atoms. The predicted molar refractivity (Wildman–Crippen MR) is 87.1 cm³/mol. The highest BCUT2D eigenvalue weighted by molar-refractivity contribution is 7.13. The first-order chi connectivity index (χ1) is 10.5. The smallest absolute Gasteiger partial charge is 0.348 e. The summed E-state index contributed by atoms with van der Waals surface area (Å²) < 4.78 is 5.02. The van der Waals surface area contributed by atoms with Crippen molar-refractivity contribution in [2.24, 2.45) is 0 Å². The highest BCUT2D eigenvalue weighted by atomic mass is 32.1. The largest absolute Gasteiger partial charge is 0.451 e. The lowest BCUT2D eigenvalue weighted by Crippen LogP contribution is -2.31. The molecule has 0 unspecified atom stereocenters. The molecule has 0 saturated carbocycles. The standard InChI is InChI=1S/C17H19NO3S/c1-11-4-7-14(8-5-11)13(3)18-16(19)10-21-17(20)15-9-6-12(2)22-15/h4-9,13H,10H2,1-3H3,(H,18,19)/t13-/m1/s1. The van der Waals surface area contributed by atoms with Gasteiger partial charge >= 0.3 is 5.97 Å². The lowest BCUT2D eigenvalue weighted by molar-refractivity contribution is -0.124. The molecule has 22 heavy (non-hydrogen) atoms. The average molecular weight is 317 g/mol. The Labute approximate surface area is 134 Å². The molecular weight excluding hydrogens is 298 g/mol. The maximum absolute atomic E-state index is 11.8.